The van der Waals surface area contributed by atoms with Crippen LogP contribution in [-0.2, 0) is 6.42 Å². The maximum Gasteiger partial charge on any atom is 0.488 e. The molecule has 0 saturated heterocycles. The molecular formula is C14H16BNO3. The van der Waals surface area contributed by atoms with Gasteiger partial charge in [0.15, 0.2) is 0 Å². The molecule has 0 fully saturated rings. The summed E-state index contributed by atoms with van der Waals surface area (Å²) in [6, 6.07) is 9.03. The summed E-state index contributed by atoms with van der Waals surface area (Å²) >= 11 is 0. The Morgan fingerprint density at radius 2 is 2.11 bits per heavy atom. The van der Waals surface area contributed by atoms with Gasteiger partial charge in [0.2, 0.25) is 0 Å². The molecule has 0 bridgehead atoms. The molecule has 2 rings (SSSR count). The quantitative estimate of drug-likeness (QED) is 0.773. The molecule has 1 heterocycles. The molecule has 0 radical (unpaired) electrons. The van der Waals surface area contributed by atoms with E-state index in [0.29, 0.717) is 12.1 Å². The molecule has 2 aromatic rings. The lowest BCUT2D eigenvalue weighted by atomic mass is 9.79. The van der Waals surface area contributed by atoms with Crippen LogP contribution in [0.1, 0.15) is 11.1 Å². The summed E-state index contributed by atoms with van der Waals surface area (Å²) in [5, 5.41) is 18.1. The number of nitrogens with zero attached hydrogens (tertiary/aromatic N) is 1. The summed E-state index contributed by atoms with van der Waals surface area (Å²) in [7, 11) is -1.44. The first-order chi connectivity index (χ1) is 9.16. The molecular weight excluding hydrogens is 241 g/mol. The Balaban J connectivity index is 1.93. The van der Waals surface area contributed by atoms with Crippen LogP contribution in [0.15, 0.2) is 42.7 Å². The fraction of sp³-hybridized carbons (Fsp3) is 0.214. The van der Waals surface area contributed by atoms with Crippen LogP contribution in [0.3, 0.4) is 0 Å². The van der Waals surface area contributed by atoms with Crippen LogP contribution in [0.5, 0.6) is 5.75 Å². The van der Waals surface area contributed by atoms with Gasteiger partial charge >= 0.3 is 7.12 Å². The van der Waals surface area contributed by atoms with Gasteiger partial charge in [0.25, 0.3) is 0 Å². The Bertz CT molecular complexity index is 531. The average Bonchev–Trinajstić information content (AvgIpc) is 2.41. The third-order valence-electron chi connectivity index (χ3n) is 2.87. The number of hydrogen-bond acceptors (Lipinski definition) is 4. The number of benzene rings is 1. The first kappa shape index (κ1) is 13.6. The normalized spacial score (nSPS) is 10.3. The van der Waals surface area contributed by atoms with Crippen molar-refractivity contribution in [1.82, 2.24) is 4.98 Å². The van der Waals surface area contributed by atoms with Gasteiger partial charge in [0.05, 0.1) is 6.61 Å². The summed E-state index contributed by atoms with van der Waals surface area (Å²) in [5.41, 5.74) is 2.48. The van der Waals surface area contributed by atoms with E-state index in [1.165, 1.54) is 0 Å². The zero-order valence-corrected chi connectivity index (χ0v) is 10.8. The Labute approximate surface area is 112 Å². The lowest BCUT2D eigenvalue weighted by Crippen LogP contribution is -2.29. The lowest BCUT2D eigenvalue weighted by molar-refractivity contribution is 0.319. The van der Waals surface area contributed by atoms with Crippen LogP contribution in [0, 0.1) is 6.92 Å². The standard InChI is InChI=1S/C14H16BNO3/c1-11-9-13(15(17)18)4-5-14(11)19-8-6-12-3-2-7-16-10-12/h2-5,7,9-10,17-18H,6,8H2,1H3. The van der Waals surface area contributed by atoms with Crippen molar-refractivity contribution < 1.29 is 14.8 Å². The first-order valence-corrected chi connectivity index (χ1v) is 6.15. The van der Waals surface area contributed by atoms with Gasteiger partial charge in [-0.3, -0.25) is 4.98 Å². The van der Waals surface area contributed by atoms with E-state index in [1.54, 1.807) is 24.4 Å². The highest BCUT2D eigenvalue weighted by atomic mass is 16.5. The summed E-state index contributed by atoms with van der Waals surface area (Å²) in [6.07, 6.45) is 4.35. The van der Waals surface area contributed by atoms with Gasteiger partial charge in [-0.1, -0.05) is 18.2 Å². The van der Waals surface area contributed by atoms with Gasteiger partial charge in [0, 0.05) is 18.8 Å². The van der Waals surface area contributed by atoms with Crippen molar-refractivity contribution in [2.24, 2.45) is 0 Å². The van der Waals surface area contributed by atoms with Gasteiger partial charge in [-0.25, -0.2) is 0 Å². The van der Waals surface area contributed by atoms with E-state index >= 15 is 0 Å². The summed E-state index contributed by atoms with van der Waals surface area (Å²) in [5.74, 6) is 0.758. The van der Waals surface area contributed by atoms with Gasteiger partial charge in [-0.2, -0.15) is 0 Å². The van der Waals surface area contributed by atoms with Crippen molar-refractivity contribution in [3.05, 3.63) is 53.9 Å². The topological polar surface area (TPSA) is 62.6 Å². The molecule has 0 aliphatic rings. The molecule has 0 aliphatic carbocycles. The van der Waals surface area contributed by atoms with Crippen molar-refractivity contribution in [2.75, 3.05) is 6.61 Å². The van der Waals surface area contributed by atoms with Gasteiger partial charge in [0.1, 0.15) is 5.75 Å². The van der Waals surface area contributed by atoms with E-state index in [9.17, 15) is 0 Å². The Morgan fingerprint density at radius 3 is 2.74 bits per heavy atom. The van der Waals surface area contributed by atoms with E-state index in [-0.39, 0.29) is 0 Å². The number of hydrogen-bond donors (Lipinski definition) is 2. The molecule has 19 heavy (non-hydrogen) atoms. The summed E-state index contributed by atoms with van der Waals surface area (Å²) < 4.78 is 5.68. The van der Waals surface area contributed by atoms with Crippen molar-refractivity contribution in [2.45, 2.75) is 13.3 Å². The molecule has 2 N–H and O–H groups in total. The maximum absolute atomic E-state index is 9.07. The van der Waals surface area contributed by atoms with E-state index < -0.39 is 7.12 Å². The molecule has 0 unspecified atom stereocenters. The van der Waals surface area contributed by atoms with E-state index in [0.717, 1.165) is 23.3 Å². The Hall–Kier alpha value is -1.85. The highest BCUT2D eigenvalue weighted by Gasteiger charge is 2.12. The number of pyridine rings is 1. The third kappa shape index (κ3) is 3.81. The second-order valence-corrected chi connectivity index (χ2v) is 4.36. The molecule has 4 nitrogen and oxygen atoms in total. The van der Waals surface area contributed by atoms with Gasteiger partial charge in [-0.05, 0) is 35.6 Å². The fourth-order valence-electron chi connectivity index (χ4n) is 1.82. The Morgan fingerprint density at radius 1 is 1.26 bits per heavy atom. The zero-order valence-electron chi connectivity index (χ0n) is 10.8. The predicted octanol–water partition coefficient (Wildman–Crippen LogP) is 0.691. The highest BCUT2D eigenvalue weighted by molar-refractivity contribution is 6.58. The van der Waals surface area contributed by atoms with Crippen molar-refractivity contribution in [3.63, 3.8) is 0 Å². The minimum absolute atomic E-state index is 0.470. The van der Waals surface area contributed by atoms with Crippen LogP contribution in [0.4, 0.5) is 0 Å². The molecule has 0 aliphatic heterocycles. The zero-order chi connectivity index (χ0) is 13.7. The molecule has 1 aromatic heterocycles. The molecule has 1 aromatic carbocycles. The summed E-state index contributed by atoms with van der Waals surface area (Å²) in [6.45, 7) is 2.44. The summed E-state index contributed by atoms with van der Waals surface area (Å²) in [4.78, 5) is 4.05. The Kier molecular flexibility index (Phi) is 4.55. The maximum atomic E-state index is 9.07. The van der Waals surface area contributed by atoms with Gasteiger partial charge < -0.3 is 14.8 Å². The predicted molar refractivity (Wildman–Crippen MR) is 74.4 cm³/mol. The second-order valence-electron chi connectivity index (χ2n) is 4.36. The number of ether oxygens (including phenoxy) is 1. The van der Waals surface area contributed by atoms with Crippen molar-refractivity contribution in [3.8, 4) is 5.75 Å². The van der Waals surface area contributed by atoms with Crippen LogP contribution in [-0.4, -0.2) is 28.8 Å². The molecule has 5 heteroatoms. The van der Waals surface area contributed by atoms with E-state index in [2.05, 4.69) is 4.98 Å². The fourth-order valence-corrected chi connectivity index (χ4v) is 1.82. The number of aryl methyl sites for hydroxylation is 1. The third-order valence-corrected chi connectivity index (χ3v) is 2.87. The lowest BCUT2D eigenvalue weighted by Gasteiger charge is -2.10. The van der Waals surface area contributed by atoms with Crippen LogP contribution in [0.2, 0.25) is 0 Å². The largest absolute Gasteiger partial charge is 0.493 e. The molecule has 0 atom stereocenters. The highest BCUT2D eigenvalue weighted by Crippen LogP contribution is 2.15. The van der Waals surface area contributed by atoms with Crippen LogP contribution < -0.4 is 10.2 Å². The van der Waals surface area contributed by atoms with Crippen LogP contribution in [0.25, 0.3) is 0 Å². The first-order valence-electron chi connectivity index (χ1n) is 6.15. The monoisotopic (exact) mass is 257 g/mol. The SMILES string of the molecule is Cc1cc(B(O)O)ccc1OCCc1cccnc1. The van der Waals surface area contributed by atoms with E-state index in [4.69, 9.17) is 14.8 Å². The van der Waals surface area contributed by atoms with Gasteiger partial charge in [-0.15, -0.1) is 0 Å². The molecule has 0 saturated carbocycles. The number of aromatic nitrogens is 1. The van der Waals surface area contributed by atoms with Crippen molar-refractivity contribution >= 4 is 12.6 Å². The van der Waals surface area contributed by atoms with Crippen LogP contribution >= 0.6 is 0 Å². The minimum atomic E-state index is -1.44. The minimum Gasteiger partial charge on any atom is -0.493 e. The van der Waals surface area contributed by atoms with Crippen molar-refractivity contribution in [1.29, 1.82) is 0 Å². The molecule has 98 valence electrons. The smallest absolute Gasteiger partial charge is 0.488 e. The molecule has 0 amide bonds. The second kappa shape index (κ2) is 6.36. The average molecular weight is 257 g/mol. The van der Waals surface area contributed by atoms with E-state index in [1.807, 2.05) is 25.3 Å². The number of rotatable bonds is 5. The molecule has 0 spiro atoms.